The van der Waals surface area contributed by atoms with Gasteiger partial charge in [0.2, 0.25) is 7.29 Å². The van der Waals surface area contributed by atoms with E-state index < -0.39 is 7.29 Å². The Hall–Kier alpha value is -1.90. The van der Waals surface area contributed by atoms with Gasteiger partial charge in [-0.15, -0.1) is 6.58 Å². The van der Waals surface area contributed by atoms with Crippen molar-refractivity contribution in [3.8, 4) is 0 Å². The second kappa shape index (κ2) is 7.21. The normalized spacial score (nSPS) is 10.7. The molecule has 2 N–H and O–H groups in total. The summed E-state index contributed by atoms with van der Waals surface area (Å²) in [6, 6.07) is 18.6. The van der Waals surface area contributed by atoms with Crippen LogP contribution in [0.5, 0.6) is 0 Å². The first-order valence-corrected chi connectivity index (χ1v) is 8.66. The fraction of sp³-hybridized carbons (Fsp3) is 0.0625. The van der Waals surface area contributed by atoms with Crippen LogP contribution in [0.1, 0.15) is 0 Å². The van der Waals surface area contributed by atoms with Gasteiger partial charge in [0.15, 0.2) is 5.11 Å². The van der Waals surface area contributed by atoms with E-state index in [4.69, 9.17) is 12.2 Å². The van der Waals surface area contributed by atoms with E-state index >= 15 is 0 Å². The van der Waals surface area contributed by atoms with E-state index in [1.165, 1.54) is 0 Å². The van der Waals surface area contributed by atoms with Crippen LogP contribution in [-0.4, -0.2) is 11.7 Å². The third-order valence-electron chi connectivity index (χ3n) is 2.91. The van der Waals surface area contributed by atoms with E-state index in [0.717, 1.165) is 10.6 Å². The summed E-state index contributed by atoms with van der Waals surface area (Å²) in [5.74, 6) is 0. The second-order valence-electron chi connectivity index (χ2n) is 4.39. The maximum Gasteiger partial charge on any atom is 0.228 e. The maximum atomic E-state index is 13.5. The molecule has 0 atom stereocenters. The lowest BCUT2D eigenvalue weighted by Gasteiger charge is -2.22. The Labute approximate surface area is 130 Å². The second-order valence-corrected chi connectivity index (χ2v) is 7.27. The van der Waals surface area contributed by atoms with Gasteiger partial charge in [0, 0.05) is 17.2 Å². The standard InChI is InChI=1S/C16H17N2OPS/c1-2-13-17-16(21)18-20(19,14-9-5-3-6-10-14)15-11-7-4-8-12-15/h2-12H,1,13H2,(H2,17,18,19,21). The van der Waals surface area contributed by atoms with Gasteiger partial charge in [0.1, 0.15) is 0 Å². The van der Waals surface area contributed by atoms with E-state index in [0.29, 0.717) is 11.7 Å². The van der Waals surface area contributed by atoms with Gasteiger partial charge in [-0.25, -0.2) is 0 Å². The quantitative estimate of drug-likeness (QED) is 0.505. The highest BCUT2D eigenvalue weighted by atomic mass is 32.1. The third-order valence-corrected chi connectivity index (χ3v) is 5.89. The predicted molar refractivity (Wildman–Crippen MR) is 93.7 cm³/mol. The van der Waals surface area contributed by atoms with Crippen LogP contribution in [0.3, 0.4) is 0 Å². The van der Waals surface area contributed by atoms with Crippen molar-refractivity contribution in [2.45, 2.75) is 0 Å². The highest BCUT2D eigenvalue weighted by molar-refractivity contribution is 7.83. The van der Waals surface area contributed by atoms with Gasteiger partial charge in [0.25, 0.3) is 0 Å². The summed E-state index contributed by atoms with van der Waals surface area (Å²) in [4.78, 5) is 0. The Balaban J connectivity index is 2.38. The highest BCUT2D eigenvalue weighted by Gasteiger charge is 2.27. The molecule has 0 saturated carbocycles. The molecule has 0 aliphatic heterocycles. The Morgan fingerprint density at radius 1 is 1.05 bits per heavy atom. The maximum absolute atomic E-state index is 13.5. The van der Waals surface area contributed by atoms with Gasteiger partial charge in [-0.3, -0.25) is 4.57 Å². The van der Waals surface area contributed by atoms with Crippen molar-refractivity contribution < 1.29 is 4.57 Å². The Morgan fingerprint density at radius 2 is 1.52 bits per heavy atom. The SMILES string of the molecule is C=CCNC(=S)NP(=O)(c1ccccc1)c1ccccc1. The Morgan fingerprint density at radius 3 is 1.95 bits per heavy atom. The molecule has 0 heterocycles. The van der Waals surface area contributed by atoms with Gasteiger partial charge < -0.3 is 10.4 Å². The molecule has 0 bridgehead atoms. The van der Waals surface area contributed by atoms with Gasteiger partial charge in [-0.2, -0.15) is 0 Å². The average molecular weight is 316 g/mol. The molecule has 3 nitrogen and oxygen atoms in total. The summed E-state index contributed by atoms with van der Waals surface area (Å²) in [5.41, 5.74) is 0. The number of nitrogens with one attached hydrogen (secondary N) is 2. The average Bonchev–Trinajstić information content (AvgIpc) is 2.54. The molecule has 2 aromatic carbocycles. The smallest absolute Gasteiger partial charge is 0.228 e. The Bertz CT molecular complexity index is 615. The van der Waals surface area contributed by atoms with Crippen LogP contribution < -0.4 is 21.0 Å². The van der Waals surface area contributed by atoms with E-state index in [9.17, 15) is 4.57 Å². The van der Waals surface area contributed by atoms with Crippen LogP contribution in [-0.2, 0) is 4.57 Å². The minimum atomic E-state index is -3.01. The molecule has 0 aliphatic carbocycles. The molecule has 2 rings (SSSR count). The monoisotopic (exact) mass is 316 g/mol. The Kier molecular flexibility index (Phi) is 5.32. The molecule has 2 aromatic rings. The number of rotatable bonds is 5. The van der Waals surface area contributed by atoms with E-state index in [1.807, 2.05) is 60.7 Å². The lowest BCUT2D eigenvalue weighted by atomic mass is 10.4. The first kappa shape index (κ1) is 15.5. The van der Waals surface area contributed by atoms with Crippen molar-refractivity contribution >= 4 is 35.2 Å². The molecule has 0 fully saturated rings. The number of thiocarbonyl (C=S) groups is 1. The van der Waals surface area contributed by atoms with Crippen molar-refractivity contribution in [1.29, 1.82) is 0 Å². The zero-order chi connectivity index (χ0) is 15.1. The van der Waals surface area contributed by atoms with Gasteiger partial charge in [-0.1, -0.05) is 42.5 Å². The van der Waals surface area contributed by atoms with Crippen LogP contribution in [0.4, 0.5) is 0 Å². The van der Waals surface area contributed by atoms with Crippen molar-refractivity contribution in [3.63, 3.8) is 0 Å². The van der Waals surface area contributed by atoms with Gasteiger partial charge in [0.05, 0.1) is 0 Å². The lowest BCUT2D eigenvalue weighted by molar-refractivity contribution is 0.584. The summed E-state index contributed by atoms with van der Waals surface area (Å²) in [6.07, 6.45) is 1.70. The van der Waals surface area contributed by atoms with Crippen LogP contribution in [0.15, 0.2) is 73.3 Å². The van der Waals surface area contributed by atoms with E-state index in [1.54, 1.807) is 6.08 Å². The van der Waals surface area contributed by atoms with Crippen LogP contribution in [0, 0.1) is 0 Å². The van der Waals surface area contributed by atoms with Gasteiger partial charge in [-0.05, 0) is 36.5 Å². The molecule has 0 aliphatic rings. The molecule has 108 valence electrons. The molecule has 0 unspecified atom stereocenters. The summed E-state index contributed by atoms with van der Waals surface area (Å²) < 4.78 is 13.5. The molecule has 21 heavy (non-hydrogen) atoms. The zero-order valence-electron chi connectivity index (χ0n) is 11.5. The molecule has 0 saturated heterocycles. The first-order chi connectivity index (χ1) is 10.2. The van der Waals surface area contributed by atoms with Crippen molar-refractivity contribution in [3.05, 3.63) is 73.3 Å². The third kappa shape index (κ3) is 3.81. The largest absolute Gasteiger partial charge is 0.359 e. The fourth-order valence-corrected chi connectivity index (χ4v) is 4.48. The summed E-state index contributed by atoms with van der Waals surface area (Å²) in [7, 11) is -3.01. The first-order valence-electron chi connectivity index (χ1n) is 6.55. The topological polar surface area (TPSA) is 41.1 Å². The summed E-state index contributed by atoms with van der Waals surface area (Å²) in [5, 5.41) is 7.74. The van der Waals surface area contributed by atoms with E-state index in [-0.39, 0.29) is 0 Å². The predicted octanol–water partition coefficient (Wildman–Crippen LogP) is 2.57. The van der Waals surface area contributed by atoms with Crippen LogP contribution >= 0.6 is 19.5 Å². The fourth-order valence-electron chi connectivity index (χ4n) is 1.90. The van der Waals surface area contributed by atoms with Crippen molar-refractivity contribution in [2.24, 2.45) is 0 Å². The molecule has 0 aromatic heterocycles. The molecule has 0 amide bonds. The number of hydrogen-bond donors (Lipinski definition) is 2. The van der Waals surface area contributed by atoms with Crippen LogP contribution in [0.2, 0.25) is 0 Å². The zero-order valence-corrected chi connectivity index (χ0v) is 13.2. The van der Waals surface area contributed by atoms with Crippen molar-refractivity contribution in [1.82, 2.24) is 10.4 Å². The number of benzene rings is 2. The highest BCUT2D eigenvalue weighted by Crippen LogP contribution is 2.38. The molecule has 0 spiro atoms. The molecule has 5 heteroatoms. The molecule has 0 radical (unpaired) electrons. The molecular weight excluding hydrogens is 299 g/mol. The lowest BCUT2D eigenvalue weighted by Crippen LogP contribution is -2.38. The minimum absolute atomic E-state index is 0.353. The van der Waals surface area contributed by atoms with Crippen molar-refractivity contribution in [2.75, 3.05) is 6.54 Å². The van der Waals surface area contributed by atoms with E-state index in [2.05, 4.69) is 17.0 Å². The minimum Gasteiger partial charge on any atom is -0.359 e. The van der Waals surface area contributed by atoms with Gasteiger partial charge >= 0.3 is 0 Å². The molecular formula is C16H17N2OPS. The summed E-state index contributed by atoms with van der Waals surface area (Å²) >= 11 is 5.23. The number of hydrogen-bond acceptors (Lipinski definition) is 2. The van der Waals surface area contributed by atoms with Crippen LogP contribution in [0.25, 0.3) is 0 Å². The summed E-state index contributed by atoms with van der Waals surface area (Å²) in [6.45, 7) is 4.15.